The zero-order valence-electron chi connectivity index (χ0n) is 16.8. The van der Waals surface area contributed by atoms with E-state index in [1.165, 1.54) is 5.57 Å². The summed E-state index contributed by atoms with van der Waals surface area (Å²) in [6, 6.07) is 0. The summed E-state index contributed by atoms with van der Waals surface area (Å²) in [7, 11) is 0. The van der Waals surface area contributed by atoms with Gasteiger partial charge in [-0.05, 0) is 68.2 Å². The van der Waals surface area contributed by atoms with Gasteiger partial charge in [-0.2, -0.15) is 0 Å². The fourth-order valence-electron chi connectivity index (χ4n) is 4.98. The number of esters is 1. The molecular formula is C20H36N2O2. The Hall–Kier alpha value is -0.870. The first-order valence-corrected chi connectivity index (χ1v) is 9.16. The molecule has 138 valence electrons. The molecule has 24 heavy (non-hydrogen) atoms. The monoisotopic (exact) mass is 336 g/mol. The Morgan fingerprint density at radius 3 is 1.75 bits per heavy atom. The standard InChI is InChI=1S/C20H36N2O2/c1-17(2)10-14(11-18(3,4)21-17)9-16(23)24-15-12-19(5,6)22-20(7,8)13-15/h9,15,21-22H,10-13H2,1-8H3. The van der Waals surface area contributed by atoms with Gasteiger partial charge in [-0.3, -0.25) is 0 Å². The Balaban J connectivity index is 2.04. The molecule has 0 spiro atoms. The molecule has 4 nitrogen and oxygen atoms in total. The van der Waals surface area contributed by atoms with Gasteiger partial charge in [-0.25, -0.2) is 4.79 Å². The van der Waals surface area contributed by atoms with E-state index in [0.29, 0.717) is 0 Å². The van der Waals surface area contributed by atoms with Crippen molar-refractivity contribution in [2.45, 2.75) is 109 Å². The molecule has 2 heterocycles. The molecule has 0 atom stereocenters. The van der Waals surface area contributed by atoms with Crippen LogP contribution in [0.1, 0.15) is 81.1 Å². The van der Waals surface area contributed by atoms with E-state index in [0.717, 1.165) is 25.7 Å². The lowest BCUT2D eigenvalue weighted by Crippen LogP contribution is -2.59. The third-order valence-electron chi connectivity index (χ3n) is 4.77. The first-order valence-electron chi connectivity index (χ1n) is 9.16. The Morgan fingerprint density at radius 1 is 0.875 bits per heavy atom. The second kappa shape index (κ2) is 6.14. The van der Waals surface area contributed by atoms with Crippen LogP contribution in [0.25, 0.3) is 0 Å². The van der Waals surface area contributed by atoms with E-state index in [2.05, 4.69) is 66.0 Å². The summed E-state index contributed by atoms with van der Waals surface area (Å²) in [4.78, 5) is 12.5. The van der Waals surface area contributed by atoms with Crippen molar-refractivity contribution < 1.29 is 9.53 Å². The molecule has 0 amide bonds. The van der Waals surface area contributed by atoms with E-state index in [4.69, 9.17) is 4.74 Å². The lowest BCUT2D eigenvalue weighted by atomic mass is 9.79. The zero-order chi connectivity index (χ0) is 18.4. The van der Waals surface area contributed by atoms with E-state index in [1.807, 2.05) is 0 Å². The molecule has 0 radical (unpaired) electrons. The Morgan fingerprint density at radius 2 is 1.29 bits per heavy atom. The van der Waals surface area contributed by atoms with Crippen molar-refractivity contribution in [2.75, 3.05) is 0 Å². The van der Waals surface area contributed by atoms with Crippen LogP contribution in [-0.4, -0.2) is 34.2 Å². The van der Waals surface area contributed by atoms with Gasteiger partial charge in [0.25, 0.3) is 0 Å². The first kappa shape index (κ1) is 19.5. The van der Waals surface area contributed by atoms with Crippen LogP contribution in [0, 0.1) is 0 Å². The summed E-state index contributed by atoms with van der Waals surface area (Å²) in [6.07, 6.45) is 5.19. The quantitative estimate of drug-likeness (QED) is 0.596. The van der Waals surface area contributed by atoms with Crippen molar-refractivity contribution in [3.05, 3.63) is 11.6 Å². The van der Waals surface area contributed by atoms with Gasteiger partial charge < -0.3 is 15.4 Å². The van der Waals surface area contributed by atoms with Crippen LogP contribution in [0.2, 0.25) is 0 Å². The van der Waals surface area contributed by atoms with Gasteiger partial charge in [-0.15, -0.1) is 0 Å². The molecule has 0 aromatic rings. The average molecular weight is 337 g/mol. The fourth-order valence-corrected chi connectivity index (χ4v) is 4.98. The largest absolute Gasteiger partial charge is 0.459 e. The van der Waals surface area contributed by atoms with Crippen molar-refractivity contribution in [1.29, 1.82) is 0 Å². The summed E-state index contributed by atoms with van der Waals surface area (Å²) < 4.78 is 5.83. The molecule has 0 aromatic heterocycles. The van der Waals surface area contributed by atoms with Crippen molar-refractivity contribution >= 4 is 5.97 Å². The maximum atomic E-state index is 12.5. The number of piperidine rings is 2. The Kier molecular flexibility index (Phi) is 4.97. The topological polar surface area (TPSA) is 50.4 Å². The second-order valence-corrected chi connectivity index (χ2v) is 10.4. The highest BCUT2D eigenvalue weighted by molar-refractivity contribution is 5.83. The van der Waals surface area contributed by atoms with Crippen LogP contribution < -0.4 is 10.6 Å². The van der Waals surface area contributed by atoms with Crippen LogP contribution >= 0.6 is 0 Å². The first-order chi connectivity index (χ1) is 10.7. The van der Waals surface area contributed by atoms with Gasteiger partial charge in [0, 0.05) is 41.1 Å². The van der Waals surface area contributed by atoms with E-state index in [9.17, 15) is 4.79 Å². The Bertz CT molecular complexity index is 496. The number of hydrogen-bond donors (Lipinski definition) is 2. The van der Waals surface area contributed by atoms with E-state index < -0.39 is 0 Å². The molecule has 4 heteroatoms. The van der Waals surface area contributed by atoms with Crippen LogP contribution in [0.3, 0.4) is 0 Å². The third-order valence-corrected chi connectivity index (χ3v) is 4.77. The maximum absolute atomic E-state index is 12.5. The molecule has 2 rings (SSSR count). The predicted octanol–water partition coefficient (Wildman–Crippen LogP) is 3.71. The highest BCUT2D eigenvalue weighted by Gasteiger charge is 2.39. The van der Waals surface area contributed by atoms with Gasteiger partial charge >= 0.3 is 5.97 Å². The van der Waals surface area contributed by atoms with Crippen LogP contribution in [0.4, 0.5) is 0 Å². The molecule has 0 saturated carbocycles. The SMILES string of the molecule is CC1(C)CC(=CC(=O)OC2CC(C)(C)NC(C)(C)C2)CC(C)(C)N1. The van der Waals surface area contributed by atoms with Crippen molar-refractivity contribution in [3.63, 3.8) is 0 Å². The summed E-state index contributed by atoms with van der Waals surface area (Å²) in [5.74, 6) is -0.183. The highest BCUT2D eigenvalue weighted by atomic mass is 16.5. The minimum atomic E-state index is -0.183. The lowest BCUT2D eigenvalue weighted by molar-refractivity contribution is -0.147. The maximum Gasteiger partial charge on any atom is 0.330 e. The molecule has 2 fully saturated rings. The molecule has 2 aliphatic rings. The number of rotatable bonds is 2. The molecule has 2 aliphatic heterocycles. The zero-order valence-corrected chi connectivity index (χ0v) is 16.8. The molecule has 2 saturated heterocycles. The minimum absolute atomic E-state index is 0.00655. The average Bonchev–Trinajstić information content (AvgIpc) is 2.17. The second-order valence-electron chi connectivity index (χ2n) is 10.4. The molecule has 0 unspecified atom stereocenters. The summed E-state index contributed by atoms with van der Waals surface area (Å²) in [6.45, 7) is 17.4. The van der Waals surface area contributed by atoms with Gasteiger partial charge in [0.15, 0.2) is 0 Å². The molecule has 0 aliphatic carbocycles. The smallest absolute Gasteiger partial charge is 0.330 e. The molecular weight excluding hydrogens is 300 g/mol. The van der Waals surface area contributed by atoms with Gasteiger partial charge in [0.05, 0.1) is 0 Å². The predicted molar refractivity (Wildman–Crippen MR) is 99.0 cm³/mol. The van der Waals surface area contributed by atoms with Crippen molar-refractivity contribution in [2.24, 2.45) is 0 Å². The normalized spacial score (nSPS) is 28.2. The number of carbonyl (C=O) groups excluding carboxylic acids is 1. The number of carbonyl (C=O) groups is 1. The summed E-state index contributed by atoms with van der Waals surface area (Å²) >= 11 is 0. The third kappa shape index (κ3) is 5.59. The highest BCUT2D eigenvalue weighted by Crippen LogP contribution is 2.33. The van der Waals surface area contributed by atoms with Crippen LogP contribution in [0.5, 0.6) is 0 Å². The fraction of sp³-hybridized carbons (Fsp3) is 0.850. The van der Waals surface area contributed by atoms with Crippen LogP contribution in [-0.2, 0) is 9.53 Å². The number of nitrogens with one attached hydrogen (secondary N) is 2. The van der Waals surface area contributed by atoms with Gasteiger partial charge in [0.1, 0.15) is 6.10 Å². The van der Waals surface area contributed by atoms with Crippen LogP contribution in [0.15, 0.2) is 11.6 Å². The van der Waals surface area contributed by atoms with Gasteiger partial charge in [0.2, 0.25) is 0 Å². The molecule has 0 aromatic carbocycles. The number of hydrogen-bond acceptors (Lipinski definition) is 4. The summed E-state index contributed by atoms with van der Waals surface area (Å²) in [5.41, 5.74) is 1.16. The van der Waals surface area contributed by atoms with E-state index in [1.54, 1.807) is 6.08 Å². The van der Waals surface area contributed by atoms with Crippen molar-refractivity contribution in [1.82, 2.24) is 10.6 Å². The Labute approximate surface area is 147 Å². The molecule has 0 bridgehead atoms. The van der Waals surface area contributed by atoms with Crippen molar-refractivity contribution in [3.8, 4) is 0 Å². The van der Waals surface area contributed by atoms with E-state index >= 15 is 0 Å². The number of ether oxygens (including phenoxy) is 1. The summed E-state index contributed by atoms with van der Waals surface area (Å²) in [5, 5.41) is 7.26. The minimum Gasteiger partial charge on any atom is -0.459 e. The van der Waals surface area contributed by atoms with Gasteiger partial charge in [-0.1, -0.05) is 5.57 Å². The van der Waals surface area contributed by atoms with E-state index in [-0.39, 0.29) is 34.2 Å². The lowest BCUT2D eigenvalue weighted by Gasteiger charge is -2.46. The molecule has 2 N–H and O–H groups in total.